The maximum atomic E-state index is 12.1. The SMILES string of the molecule is CC(=O)N1N=C(c2ccc([N+](=O)[O-])cc2)c2cc3c(cc2CC1C)OCO3. The zero-order valence-electron chi connectivity index (χ0n) is 14.8. The lowest BCUT2D eigenvalue weighted by Crippen LogP contribution is -2.33. The van der Waals surface area contributed by atoms with Crippen LogP contribution in [0.3, 0.4) is 0 Å². The van der Waals surface area contributed by atoms with Crippen LogP contribution in [0.2, 0.25) is 0 Å². The largest absolute Gasteiger partial charge is 0.454 e. The third-order valence-corrected chi connectivity index (χ3v) is 4.67. The van der Waals surface area contributed by atoms with Gasteiger partial charge in [0.25, 0.3) is 5.69 Å². The molecule has 0 radical (unpaired) electrons. The highest BCUT2D eigenvalue weighted by atomic mass is 16.7. The molecule has 0 saturated carbocycles. The molecule has 138 valence electrons. The van der Waals surface area contributed by atoms with Gasteiger partial charge in [0, 0.05) is 30.2 Å². The van der Waals surface area contributed by atoms with Gasteiger partial charge < -0.3 is 9.47 Å². The Morgan fingerprint density at radius 2 is 1.89 bits per heavy atom. The van der Waals surface area contributed by atoms with Crippen LogP contribution >= 0.6 is 0 Å². The molecule has 0 aliphatic carbocycles. The molecule has 0 bridgehead atoms. The standard InChI is InChI=1S/C19H17N3O5/c1-11-7-14-8-17-18(27-10-26-17)9-16(14)19(20-21(11)12(2)23)13-3-5-15(6-4-13)22(24)25/h3-6,8-9,11H,7,10H2,1-2H3. The van der Waals surface area contributed by atoms with E-state index in [0.717, 1.165) is 11.1 Å². The van der Waals surface area contributed by atoms with Gasteiger partial charge in [0.2, 0.25) is 12.7 Å². The monoisotopic (exact) mass is 367 g/mol. The number of hydrogen-bond acceptors (Lipinski definition) is 6. The van der Waals surface area contributed by atoms with Gasteiger partial charge in [-0.3, -0.25) is 14.9 Å². The van der Waals surface area contributed by atoms with Crippen LogP contribution in [0, 0.1) is 10.1 Å². The fourth-order valence-electron chi connectivity index (χ4n) is 3.37. The van der Waals surface area contributed by atoms with Crippen molar-refractivity contribution in [3.63, 3.8) is 0 Å². The van der Waals surface area contributed by atoms with Crippen LogP contribution in [-0.4, -0.2) is 34.4 Å². The Labute approximate surface area is 155 Å². The Kier molecular flexibility index (Phi) is 4.02. The number of nitro groups is 1. The van der Waals surface area contributed by atoms with Crippen molar-refractivity contribution in [2.45, 2.75) is 26.3 Å². The van der Waals surface area contributed by atoms with E-state index in [4.69, 9.17) is 9.47 Å². The molecular weight excluding hydrogens is 350 g/mol. The predicted molar refractivity (Wildman–Crippen MR) is 97.0 cm³/mol. The minimum absolute atomic E-state index is 0.00401. The molecule has 2 aliphatic heterocycles. The number of carbonyl (C=O) groups is 1. The number of carbonyl (C=O) groups excluding carboxylic acids is 1. The zero-order chi connectivity index (χ0) is 19.1. The molecule has 1 unspecified atom stereocenters. The Bertz CT molecular complexity index is 968. The van der Waals surface area contributed by atoms with Gasteiger partial charge in [-0.2, -0.15) is 5.10 Å². The van der Waals surface area contributed by atoms with E-state index in [0.29, 0.717) is 29.2 Å². The molecule has 8 heteroatoms. The number of rotatable bonds is 2. The Hall–Kier alpha value is -3.42. The minimum atomic E-state index is -0.450. The van der Waals surface area contributed by atoms with Crippen molar-refractivity contribution in [2.75, 3.05) is 6.79 Å². The number of fused-ring (bicyclic) bond motifs is 2. The van der Waals surface area contributed by atoms with Crippen LogP contribution < -0.4 is 9.47 Å². The van der Waals surface area contributed by atoms with E-state index in [9.17, 15) is 14.9 Å². The van der Waals surface area contributed by atoms with Gasteiger partial charge in [0.05, 0.1) is 16.7 Å². The number of nitrogens with zero attached hydrogens (tertiary/aromatic N) is 3. The molecule has 8 nitrogen and oxygen atoms in total. The summed E-state index contributed by atoms with van der Waals surface area (Å²) in [5.74, 6) is 1.11. The van der Waals surface area contributed by atoms with E-state index in [1.165, 1.54) is 24.1 Å². The average molecular weight is 367 g/mol. The number of hydrogen-bond donors (Lipinski definition) is 0. The number of benzene rings is 2. The van der Waals surface area contributed by atoms with Crippen molar-refractivity contribution < 1.29 is 19.2 Å². The summed E-state index contributed by atoms with van der Waals surface area (Å²) in [4.78, 5) is 22.6. The number of hydrazone groups is 1. The van der Waals surface area contributed by atoms with E-state index < -0.39 is 4.92 Å². The first-order valence-electron chi connectivity index (χ1n) is 8.50. The third kappa shape index (κ3) is 2.99. The summed E-state index contributed by atoms with van der Waals surface area (Å²) in [5.41, 5.74) is 3.05. The fourth-order valence-corrected chi connectivity index (χ4v) is 3.37. The maximum absolute atomic E-state index is 12.1. The molecule has 2 aromatic rings. The summed E-state index contributed by atoms with van der Waals surface area (Å²) in [6.45, 7) is 3.56. The van der Waals surface area contributed by atoms with Crippen molar-refractivity contribution in [2.24, 2.45) is 5.10 Å². The predicted octanol–water partition coefficient (Wildman–Crippen LogP) is 2.87. The summed E-state index contributed by atoms with van der Waals surface area (Å²) >= 11 is 0. The van der Waals surface area contributed by atoms with Crippen LogP contribution in [0.5, 0.6) is 11.5 Å². The first-order chi connectivity index (χ1) is 12.9. The van der Waals surface area contributed by atoms with Crippen molar-refractivity contribution in [1.82, 2.24) is 5.01 Å². The molecule has 0 fully saturated rings. The van der Waals surface area contributed by atoms with E-state index in [2.05, 4.69) is 5.10 Å². The highest BCUT2D eigenvalue weighted by molar-refractivity contribution is 6.14. The summed E-state index contributed by atoms with van der Waals surface area (Å²) in [7, 11) is 0. The molecule has 2 aliphatic rings. The van der Waals surface area contributed by atoms with Gasteiger partial charge in [-0.25, -0.2) is 5.01 Å². The third-order valence-electron chi connectivity index (χ3n) is 4.67. The molecule has 2 heterocycles. The summed E-state index contributed by atoms with van der Waals surface area (Å²) in [5, 5.41) is 17.0. The van der Waals surface area contributed by atoms with Gasteiger partial charge in [0.1, 0.15) is 0 Å². The normalized spacial score (nSPS) is 17.8. The number of nitro benzene ring substituents is 1. The van der Waals surface area contributed by atoms with Gasteiger partial charge in [-0.05, 0) is 43.2 Å². The smallest absolute Gasteiger partial charge is 0.269 e. The van der Waals surface area contributed by atoms with Crippen molar-refractivity contribution >= 4 is 17.3 Å². The topological polar surface area (TPSA) is 94.3 Å². The first-order valence-corrected chi connectivity index (χ1v) is 8.50. The van der Waals surface area contributed by atoms with Crippen molar-refractivity contribution in [3.8, 4) is 11.5 Å². The van der Waals surface area contributed by atoms with E-state index in [1.807, 2.05) is 19.1 Å². The molecule has 0 aromatic heterocycles. The van der Waals surface area contributed by atoms with E-state index in [1.54, 1.807) is 12.1 Å². The number of amides is 1. The second-order valence-corrected chi connectivity index (χ2v) is 6.53. The summed E-state index contributed by atoms with van der Waals surface area (Å²) < 4.78 is 11.0. The molecular formula is C19H17N3O5. The van der Waals surface area contributed by atoms with Crippen LogP contribution in [0.15, 0.2) is 41.5 Å². The van der Waals surface area contributed by atoms with Crippen molar-refractivity contribution in [3.05, 3.63) is 63.2 Å². The van der Waals surface area contributed by atoms with E-state index in [-0.39, 0.29) is 24.4 Å². The molecule has 2 aromatic carbocycles. The Morgan fingerprint density at radius 3 is 2.52 bits per heavy atom. The van der Waals surface area contributed by atoms with Crippen LogP contribution in [0.25, 0.3) is 0 Å². The first kappa shape index (κ1) is 17.0. The van der Waals surface area contributed by atoms with Crippen LogP contribution in [-0.2, 0) is 11.2 Å². The highest BCUT2D eigenvalue weighted by Crippen LogP contribution is 2.37. The van der Waals surface area contributed by atoms with Gasteiger partial charge >= 0.3 is 0 Å². The Morgan fingerprint density at radius 1 is 1.22 bits per heavy atom. The Balaban J connectivity index is 1.89. The van der Waals surface area contributed by atoms with Crippen molar-refractivity contribution in [1.29, 1.82) is 0 Å². The molecule has 0 spiro atoms. The number of ether oxygens (including phenoxy) is 2. The van der Waals surface area contributed by atoms with Gasteiger partial charge in [-0.15, -0.1) is 0 Å². The lowest BCUT2D eigenvalue weighted by atomic mass is 9.94. The second-order valence-electron chi connectivity index (χ2n) is 6.53. The maximum Gasteiger partial charge on any atom is 0.269 e. The van der Waals surface area contributed by atoms with Crippen LogP contribution in [0.4, 0.5) is 5.69 Å². The summed E-state index contributed by atoms with van der Waals surface area (Å²) in [6.07, 6.45) is 0.603. The lowest BCUT2D eigenvalue weighted by Gasteiger charge is -2.21. The second kappa shape index (κ2) is 6.39. The van der Waals surface area contributed by atoms with Crippen LogP contribution in [0.1, 0.15) is 30.5 Å². The van der Waals surface area contributed by atoms with Gasteiger partial charge in [-0.1, -0.05) is 0 Å². The minimum Gasteiger partial charge on any atom is -0.454 e. The zero-order valence-corrected chi connectivity index (χ0v) is 14.8. The molecule has 0 saturated heterocycles. The lowest BCUT2D eigenvalue weighted by molar-refractivity contribution is -0.384. The molecule has 0 N–H and O–H groups in total. The molecule has 1 amide bonds. The fraction of sp³-hybridized carbons (Fsp3) is 0.263. The average Bonchev–Trinajstić information content (AvgIpc) is 3.03. The highest BCUT2D eigenvalue weighted by Gasteiger charge is 2.28. The summed E-state index contributed by atoms with van der Waals surface area (Å²) in [6, 6.07) is 9.76. The molecule has 27 heavy (non-hydrogen) atoms. The number of non-ortho nitro benzene ring substituents is 1. The quantitative estimate of drug-likeness (QED) is 0.601. The van der Waals surface area contributed by atoms with Gasteiger partial charge in [0.15, 0.2) is 11.5 Å². The molecule has 1 atom stereocenters. The van der Waals surface area contributed by atoms with E-state index >= 15 is 0 Å². The molecule has 4 rings (SSSR count).